The summed E-state index contributed by atoms with van der Waals surface area (Å²) in [5, 5.41) is 9.26. The molecule has 0 radical (unpaired) electrons. The first-order valence-electron chi connectivity index (χ1n) is 11.2. The fraction of sp³-hybridized carbons (Fsp3) is 0.346. The number of hydrazone groups is 1. The number of ether oxygens (including phenoxy) is 2. The molecular weight excluding hydrogens is 404 g/mol. The Kier molecular flexibility index (Phi) is 5.94. The van der Waals surface area contributed by atoms with E-state index in [-0.39, 0.29) is 12.3 Å². The average molecular weight is 433 g/mol. The summed E-state index contributed by atoms with van der Waals surface area (Å²) in [5.41, 5.74) is 3.44. The van der Waals surface area contributed by atoms with Gasteiger partial charge >= 0.3 is 0 Å². The van der Waals surface area contributed by atoms with Crippen molar-refractivity contribution in [2.45, 2.75) is 51.3 Å². The van der Waals surface area contributed by atoms with Gasteiger partial charge in [-0.15, -0.1) is 11.3 Å². The largest absolute Gasteiger partial charge is 0.494 e. The zero-order chi connectivity index (χ0) is 21.0. The van der Waals surface area contributed by atoms with Crippen LogP contribution in [0.5, 0.6) is 11.5 Å². The second-order valence-corrected chi connectivity index (χ2v) is 9.06. The van der Waals surface area contributed by atoms with Crippen LogP contribution in [0.25, 0.3) is 0 Å². The van der Waals surface area contributed by atoms with Crippen LogP contribution in [0.2, 0.25) is 0 Å². The monoisotopic (exact) mass is 432 g/mol. The van der Waals surface area contributed by atoms with Crippen molar-refractivity contribution in [3.8, 4) is 11.5 Å². The van der Waals surface area contributed by atoms with Gasteiger partial charge in [0.05, 0.1) is 23.2 Å². The molecule has 0 saturated heterocycles. The highest BCUT2D eigenvalue weighted by Crippen LogP contribution is 2.47. The van der Waals surface area contributed by atoms with Crippen molar-refractivity contribution in [2.24, 2.45) is 5.10 Å². The minimum Gasteiger partial charge on any atom is -0.494 e. The van der Waals surface area contributed by atoms with Gasteiger partial charge in [-0.1, -0.05) is 50.5 Å². The van der Waals surface area contributed by atoms with Crippen molar-refractivity contribution in [3.63, 3.8) is 0 Å². The molecule has 1 aromatic heterocycles. The molecule has 0 unspecified atom stereocenters. The van der Waals surface area contributed by atoms with Crippen molar-refractivity contribution in [3.05, 3.63) is 82.0 Å². The van der Waals surface area contributed by atoms with Gasteiger partial charge in [0.15, 0.2) is 0 Å². The smallest absolute Gasteiger partial charge is 0.213 e. The lowest BCUT2D eigenvalue weighted by atomic mass is 9.98. The van der Waals surface area contributed by atoms with Crippen molar-refractivity contribution < 1.29 is 9.47 Å². The summed E-state index contributed by atoms with van der Waals surface area (Å²) < 4.78 is 12.4. The van der Waals surface area contributed by atoms with E-state index in [1.807, 2.05) is 18.2 Å². The van der Waals surface area contributed by atoms with Gasteiger partial charge < -0.3 is 9.47 Å². The lowest BCUT2D eigenvalue weighted by molar-refractivity contribution is -0.0190. The van der Waals surface area contributed by atoms with E-state index in [1.165, 1.54) is 29.7 Å². The normalized spacial score (nSPS) is 19.4. The molecule has 0 saturated carbocycles. The predicted molar refractivity (Wildman–Crippen MR) is 126 cm³/mol. The van der Waals surface area contributed by atoms with Crippen LogP contribution in [0.4, 0.5) is 0 Å². The molecule has 0 bridgehead atoms. The zero-order valence-corrected chi connectivity index (χ0v) is 18.7. The summed E-state index contributed by atoms with van der Waals surface area (Å²) in [4.78, 5) is 1.23. The van der Waals surface area contributed by atoms with Crippen molar-refractivity contribution in [2.75, 3.05) is 6.61 Å². The van der Waals surface area contributed by atoms with Crippen LogP contribution in [0.1, 0.15) is 67.3 Å². The number of fused-ring (bicyclic) bond motifs is 3. The highest BCUT2D eigenvalue weighted by Gasteiger charge is 2.40. The molecule has 5 heteroatoms. The Hall–Kier alpha value is -2.79. The van der Waals surface area contributed by atoms with Crippen LogP contribution in [0.15, 0.2) is 71.1 Å². The minimum atomic E-state index is -0.240. The maximum Gasteiger partial charge on any atom is 0.213 e. The molecule has 2 aromatic carbocycles. The molecule has 0 spiro atoms. The summed E-state index contributed by atoms with van der Waals surface area (Å²) in [6.07, 6.45) is 5.51. The first-order chi connectivity index (χ1) is 15.3. The summed E-state index contributed by atoms with van der Waals surface area (Å²) in [5.74, 6) is 1.87. The fourth-order valence-corrected chi connectivity index (χ4v) is 5.01. The van der Waals surface area contributed by atoms with Crippen molar-refractivity contribution in [1.82, 2.24) is 5.01 Å². The van der Waals surface area contributed by atoms with Gasteiger partial charge in [0.25, 0.3) is 0 Å². The third-order valence-corrected chi connectivity index (χ3v) is 6.86. The van der Waals surface area contributed by atoms with Crippen LogP contribution in [-0.4, -0.2) is 17.3 Å². The van der Waals surface area contributed by atoms with E-state index in [9.17, 15) is 0 Å². The minimum absolute atomic E-state index is 0.196. The van der Waals surface area contributed by atoms with E-state index in [0.29, 0.717) is 0 Å². The number of hydrogen-bond donors (Lipinski definition) is 0. The first kappa shape index (κ1) is 20.1. The Bertz CT molecular complexity index is 1030. The van der Waals surface area contributed by atoms with Gasteiger partial charge in [-0.25, -0.2) is 5.01 Å². The molecular formula is C26H28N2O2S. The molecule has 2 aliphatic rings. The molecule has 160 valence electrons. The van der Waals surface area contributed by atoms with Crippen LogP contribution in [0.3, 0.4) is 0 Å². The molecule has 2 atom stereocenters. The third kappa shape index (κ3) is 4.19. The molecule has 0 N–H and O–H groups in total. The Morgan fingerprint density at radius 1 is 1.03 bits per heavy atom. The molecule has 0 aliphatic carbocycles. The van der Waals surface area contributed by atoms with E-state index in [4.69, 9.17) is 14.6 Å². The standard InChI is InChI=1S/C26H28N2O2S/c1-2-3-4-7-16-29-20-14-12-19(13-15-20)26-28-23(21-9-5-6-10-24(21)30-26)18-22(27-28)25-11-8-17-31-25/h5-6,8-15,17,23,26H,2-4,7,16,18H2,1H3/t23-,26-/m1/s1. The topological polar surface area (TPSA) is 34.1 Å². The number of rotatable bonds is 8. The van der Waals surface area contributed by atoms with Gasteiger partial charge in [-0.05, 0) is 48.2 Å². The molecule has 0 fully saturated rings. The number of para-hydroxylation sites is 1. The molecule has 3 heterocycles. The quantitative estimate of drug-likeness (QED) is 0.361. The molecule has 4 nitrogen and oxygen atoms in total. The molecule has 31 heavy (non-hydrogen) atoms. The number of hydrogen-bond acceptors (Lipinski definition) is 5. The second-order valence-electron chi connectivity index (χ2n) is 8.11. The van der Waals surface area contributed by atoms with E-state index in [1.54, 1.807) is 11.3 Å². The van der Waals surface area contributed by atoms with Crippen LogP contribution >= 0.6 is 11.3 Å². The highest BCUT2D eigenvalue weighted by molar-refractivity contribution is 7.12. The average Bonchev–Trinajstić information content (AvgIpc) is 3.49. The Labute approximate surface area is 188 Å². The van der Waals surface area contributed by atoms with Gasteiger partial charge in [0.1, 0.15) is 11.5 Å². The SMILES string of the molecule is CCCCCCOc1ccc([C@H]2Oc3ccccc3[C@H]3CC(c4cccs4)=NN32)cc1. The third-order valence-electron chi connectivity index (χ3n) is 5.94. The van der Waals surface area contributed by atoms with Crippen LogP contribution < -0.4 is 9.47 Å². The number of unbranched alkanes of at least 4 members (excludes halogenated alkanes) is 3. The highest BCUT2D eigenvalue weighted by atomic mass is 32.1. The van der Waals surface area contributed by atoms with E-state index < -0.39 is 0 Å². The molecule has 3 aromatic rings. The second kappa shape index (κ2) is 9.15. The van der Waals surface area contributed by atoms with Crippen molar-refractivity contribution in [1.29, 1.82) is 0 Å². The summed E-state index contributed by atoms with van der Waals surface area (Å²) in [7, 11) is 0. The Morgan fingerprint density at radius 3 is 2.71 bits per heavy atom. The lowest BCUT2D eigenvalue weighted by Gasteiger charge is -2.38. The predicted octanol–water partition coefficient (Wildman–Crippen LogP) is 6.95. The fourth-order valence-electron chi connectivity index (χ4n) is 4.29. The summed E-state index contributed by atoms with van der Waals surface area (Å²) in [6, 6.07) is 21.1. The maximum absolute atomic E-state index is 6.44. The number of nitrogens with zero attached hydrogens (tertiary/aromatic N) is 2. The zero-order valence-electron chi connectivity index (χ0n) is 17.9. The Balaban J connectivity index is 1.37. The van der Waals surface area contributed by atoms with Gasteiger partial charge in [0.2, 0.25) is 6.23 Å². The Morgan fingerprint density at radius 2 is 1.90 bits per heavy atom. The van der Waals surface area contributed by atoms with Gasteiger partial charge in [0, 0.05) is 17.5 Å². The van der Waals surface area contributed by atoms with Gasteiger partial charge in [-0.3, -0.25) is 0 Å². The van der Waals surface area contributed by atoms with Crippen LogP contribution in [-0.2, 0) is 0 Å². The molecule has 5 rings (SSSR count). The lowest BCUT2D eigenvalue weighted by Crippen LogP contribution is -2.33. The van der Waals surface area contributed by atoms with E-state index >= 15 is 0 Å². The number of benzene rings is 2. The van der Waals surface area contributed by atoms with Crippen molar-refractivity contribution >= 4 is 17.0 Å². The first-order valence-corrected chi connectivity index (χ1v) is 12.1. The van der Waals surface area contributed by atoms with E-state index in [0.717, 1.165) is 42.2 Å². The molecule has 0 amide bonds. The van der Waals surface area contributed by atoms with Crippen LogP contribution in [0, 0.1) is 0 Å². The summed E-state index contributed by atoms with van der Waals surface area (Å²) in [6.45, 7) is 3.00. The summed E-state index contributed by atoms with van der Waals surface area (Å²) >= 11 is 1.74. The maximum atomic E-state index is 6.44. The molecule has 2 aliphatic heterocycles. The number of thiophene rings is 1. The van der Waals surface area contributed by atoms with Gasteiger partial charge in [-0.2, -0.15) is 5.10 Å². The van der Waals surface area contributed by atoms with E-state index in [2.05, 4.69) is 59.8 Å².